The van der Waals surface area contributed by atoms with Crippen LogP contribution in [0.2, 0.25) is 0 Å². The summed E-state index contributed by atoms with van der Waals surface area (Å²) < 4.78 is 25.1. The fourth-order valence-corrected chi connectivity index (χ4v) is 4.38. The van der Waals surface area contributed by atoms with Gasteiger partial charge in [0.05, 0.1) is 16.8 Å². The molecule has 5 heteroatoms. The number of aliphatic hydroxyl groups excluding tert-OH is 1. The molecule has 0 aliphatic heterocycles. The maximum absolute atomic E-state index is 12.5. The monoisotopic (exact) mass is 362 g/mol. The van der Waals surface area contributed by atoms with Gasteiger partial charge in [-0.25, -0.2) is 8.42 Å². The van der Waals surface area contributed by atoms with Crippen molar-refractivity contribution in [3.63, 3.8) is 0 Å². The van der Waals surface area contributed by atoms with Crippen molar-refractivity contribution in [2.45, 2.75) is 56.4 Å². The van der Waals surface area contributed by atoms with Crippen LogP contribution in [0.3, 0.4) is 0 Å². The Morgan fingerprint density at radius 1 is 1.16 bits per heavy atom. The number of unbranched alkanes of at least 4 members (excludes halogenated alkanes) is 2. The van der Waals surface area contributed by atoms with Gasteiger partial charge >= 0.3 is 0 Å². The number of sulfone groups is 1. The largest absolute Gasteiger partial charge is 0.389 e. The van der Waals surface area contributed by atoms with Gasteiger partial charge in [-0.2, -0.15) is 0 Å². The maximum atomic E-state index is 12.5. The highest BCUT2D eigenvalue weighted by molar-refractivity contribution is 7.91. The zero-order valence-corrected chi connectivity index (χ0v) is 15.5. The highest BCUT2D eigenvalue weighted by atomic mass is 32.2. The fourth-order valence-electron chi connectivity index (χ4n) is 2.91. The van der Waals surface area contributed by atoms with Gasteiger partial charge in [-0.1, -0.05) is 56.5 Å². The molecule has 1 unspecified atom stereocenters. The van der Waals surface area contributed by atoms with Crippen LogP contribution in [0.25, 0.3) is 0 Å². The first-order valence-electron chi connectivity index (χ1n) is 8.83. The first kappa shape index (κ1) is 19.6. The van der Waals surface area contributed by atoms with E-state index < -0.39 is 15.9 Å². The van der Waals surface area contributed by atoms with E-state index in [1.165, 1.54) is 0 Å². The fraction of sp³-hybridized carbons (Fsp3) is 0.450. The molecule has 0 spiro atoms. The normalized spacial score (nSPS) is 16.8. The predicted molar refractivity (Wildman–Crippen MR) is 99.1 cm³/mol. The molecule has 0 radical (unpaired) electrons. The van der Waals surface area contributed by atoms with Gasteiger partial charge in [-0.05, 0) is 30.5 Å². The molecule has 1 aliphatic rings. The third-order valence-electron chi connectivity index (χ3n) is 4.41. The summed E-state index contributed by atoms with van der Waals surface area (Å²) in [5.74, 6) is -0.388. The zero-order valence-electron chi connectivity index (χ0n) is 14.6. The van der Waals surface area contributed by atoms with Crippen molar-refractivity contribution in [1.82, 2.24) is 0 Å². The molecule has 0 amide bonds. The molecule has 0 saturated carbocycles. The molecule has 1 aromatic carbocycles. The highest BCUT2D eigenvalue weighted by Gasteiger charge is 2.27. The third-order valence-corrected chi connectivity index (χ3v) is 6.06. The number of carbonyl (C=O) groups is 1. The summed E-state index contributed by atoms with van der Waals surface area (Å²) >= 11 is 0. The predicted octanol–water partition coefficient (Wildman–Crippen LogP) is 3.62. The van der Waals surface area contributed by atoms with E-state index >= 15 is 0 Å². The van der Waals surface area contributed by atoms with Gasteiger partial charge in [0.2, 0.25) is 0 Å². The molecule has 0 fully saturated rings. The lowest BCUT2D eigenvalue weighted by molar-refractivity contribution is -0.114. The van der Waals surface area contributed by atoms with Gasteiger partial charge < -0.3 is 5.11 Å². The van der Waals surface area contributed by atoms with Crippen molar-refractivity contribution in [1.29, 1.82) is 0 Å². The Balaban J connectivity index is 2.13. The Bertz CT molecular complexity index is 745. The van der Waals surface area contributed by atoms with Crippen molar-refractivity contribution in [3.8, 4) is 0 Å². The Morgan fingerprint density at radius 3 is 2.56 bits per heavy atom. The van der Waals surface area contributed by atoms with Crippen molar-refractivity contribution in [2.24, 2.45) is 0 Å². The van der Waals surface area contributed by atoms with E-state index in [1.54, 1.807) is 42.5 Å². The van der Waals surface area contributed by atoms with E-state index in [1.807, 2.05) is 0 Å². The van der Waals surface area contributed by atoms with E-state index in [2.05, 4.69) is 6.92 Å². The lowest BCUT2D eigenvalue weighted by Gasteiger charge is -2.07. The second-order valence-corrected chi connectivity index (χ2v) is 8.41. The molecule has 25 heavy (non-hydrogen) atoms. The van der Waals surface area contributed by atoms with E-state index in [9.17, 15) is 18.3 Å². The van der Waals surface area contributed by atoms with E-state index in [0.717, 1.165) is 24.8 Å². The van der Waals surface area contributed by atoms with E-state index in [4.69, 9.17) is 0 Å². The summed E-state index contributed by atoms with van der Waals surface area (Å²) in [7, 11) is -3.54. The molecule has 1 atom stereocenters. The number of benzene rings is 1. The molecule has 0 saturated heterocycles. The number of carbonyl (C=O) groups excluding carboxylic acids is 1. The topological polar surface area (TPSA) is 71.4 Å². The van der Waals surface area contributed by atoms with Gasteiger partial charge in [0, 0.05) is 12.0 Å². The van der Waals surface area contributed by atoms with Crippen molar-refractivity contribution in [2.75, 3.05) is 5.75 Å². The number of ketones is 1. The third kappa shape index (κ3) is 5.65. The lowest BCUT2D eigenvalue weighted by Crippen LogP contribution is -2.13. The second-order valence-electron chi connectivity index (χ2n) is 6.42. The van der Waals surface area contributed by atoms with Gasteiger partial charge in [-0.15, -0.1) is 0 Å². The lowest BCUT2D eigenvalue weighted by atomic mass is 10.1. The molecule has 2 rings (SSSR count). The van der Waals surface area contributed by atoms with Crippen molar-refractivity contribution >= 4 is 15.6 Å². The number of aliphatic hydroxyl groups is 1. The molecule has 1 aliphatic carbocycles. The summed E-state index contributed by atoms with van der Waals surface area (Å²) in [6.45, 7) is 2.11. The number of hydrogen-bond acceptors (Lipinski definition) is 4. The van der Waals surface area contributed by atoms with Gasteiger partial charge in [0.25, 0.3) is 0 Å². The van der Waals surface area contributed by atoms with Gasteiger partial charge in [0.15, 0.2) is 15.6 Å². The summed E-state index contributed by atoms with van der Waals surface area (Å²) in [6.07, 6.45) is 7.54. The number of hydrogen-bond donors (Lipinski definition) is 1. The van der Waals surface area contributed by atoms with Crippen LogP contribution < -0.4 is 0 Å². The van der Waals surface area contributed by atoms with Crippen molar-refractivity contribution < 1.29 is 18.3 Å². The SMILES string of the molecule is CCCCCC(O)/C=C/C1=C(CS(=O)(=O)c2ccccc2)C(=O)CC1. The highest BCUT2D eigenvalue weighted by Crippen LogP contribution is 2.27. The van der Waals surface area contributed by atoms with Crippen LogP contribution in [-0.4, -0.2) is 31.2 Å². The Hall–Kier alpha value is -1.72. The maximum Gasteiger partial charge on any atom is 0.182 e. The number of rotatable bonds is 9. The number of allylic oxidation sites excluding steroid dienone is 2. The minimum atomic E-state index is -3.54. The molecular formula is C20H26O4S. The minimum absolute atomic E-state index is 0.111. The smallest absolute Gasteiger partial charge is 0.182 e. The number of Topliss-reactive ketones (excluding diaryl/α,β-unsaturated/α-hetero) is 1. The van der Waals surface area contributed by atoms with Crippen LogP contribution in [-0.2, 0) is 14.6 Å². The second kappa shape index (κ2) is 9.11. The summed E-state index contributed by atoms with van der Waals surface area (Å²) in [5, 5.41) is 9.99. The molecule has 0 heterocycles. The molecule has 0 aromatic heterocycles. The first-order chi connectivity index (χ1) is 11.9. The Labute approximate surface area is 150 Å². The van der Waals surface area contributed by atoms with E-state index in [0.29, 0.717) is 24.8 Å². The van der Waals surface area contributed by atoms with Crippen LogP contribution in [0.15, 0.2) is 58.5 Å². The van der Waals surface area contributed by atoms with Crippen LogP contribution in [0.5, 0.6) is 0 Å². The average molecular weight is 362 g/mol. The van der Waals surface area contributed by atoms with Crippen LogP contribution in [0.1, 0.15) is 45.4 Å². The Morgan fingerprint density at radius 2 is 1.88 bits per heavy atom. The zero-order chi connectivity index (χ0) is 18.3. The molecular weight excluding hydrogens is 336 g/mol. The minimum Gasteiger partial charge on any atom is -0.389 e. The molecule has 1 aromatic rings. The first-order valence-corrected chi connectivity index (χ1v) is 10.5. The van der Waals surface area contributed by atoms with E-state index in [-0.39, 0.29) is 16.4 Å². The Kier molecular flexibility index (Phi) is 7.14. The van der Waals surface area contributed by atoms with Gasteiger partial charge in [0.1, 0.15) is 0 Å². The summed E-state index contributed by atoms with van der Waals surface area (Å²) in [4.78, 5) is 12.4. The molecule has 136 valence electrons. The quantitative estimate of drug-likeness (QED) is 0.681. The van der Waals surface area contributed by atoms with Crippen LogP contribution >= 0.6 is 0 Å². The average Bonchev–Trinajstić information content (AvgIpc) is 2.94. The standard InChI is InChI=1S/C20H26O4S/c1-2-3-5-8-17(21)13-11-16-12-14-20(22)19(16)15-25(23,24)18-9-6-4-7-10-18/h4,6-7,9-11,13,17,21H,2-3,5,8,12,14-15H2,1H3/b13-11+. The van der Waals surface area contributed by atoms with Gasteiger partial charge in [-0.3, -0.25) is 4.79 Å². The summed E-state index contributed by atoms with van der Waals surface area (Å²) in [6, 6.07) is 8.19. The summed E-state index contributed by atoms with van der Waals surface area (Å²) in [5.41, 5.74) is 1.10. The van der Waals surface area contributed by atoms with Crippen molar-refractivity contribution in [3.05, 3.63) is 53.6 Å². The molecule has 0 bridgehead atoms. The molecule has 1 N–H and O–H groups in total. The van der Waals surface area contributed by atoms with Crippen LogP contribution in [0, 0.1) is 0 Å². The molecule has 4 nitrogen and oxygen atoms in total. The van der Waals surface area contributed by atoms with Crippen LogP contribution in [0.4, 0.5) is 0 Å².